The number of carbonyl (C=O) groups excluding carboxylic acids is 1. The average Bonchev–Trinajstić information content (AvgIpc) is 2.71. The number of amides is 1. The van der Waals surface area contributed by atoms with Crippen molar-refractivity contribution in [3.05, 3.63) is 24.2 Å². The third kappa shape index (κ3) is 1.42. The van der Waals surface area contributed by atoms with Gasteiger partial charge in [0.2, 0.25) is 0 Å². The fourth-order valence-corrected chi connectivity index (χ4v) is 1.51. The predicted octanol–water partition coefficient (Wildman–Crippen LogP) is 1.49. The third-order valence-corrected chi connectivity index (χ3v) is 2.38. The molecule has 4 nitrogen and oxygen atoms in total. The molecule has 0 saturated carbocycles. The lowest BCUT2D eigenvalue weighted by Crippen LogP contribution is -2.44. The van der Waals surface area contributed by atoms with Crippen LogP contribution in [0.3, 0.4) is 0 Å². The van der Waals surface area contributed by atoms with Gasteiger partial charge in [-0.1, -0.05) is 0 Å². The van der Waals surface area contributed by atoms with Crippen LogP contribution in [0.4, 0.5) is 0 Å². The van der Waals surface area contributed by atoms with Crippen molar-refractivity contribution in [3.8, 4) is 0 Å². The van der Waals surface area contributed by atoms with Crippen LogP contribution in [0.2, 0.25) is 0 Å². The average molecular weight is 195 g/mol. The Bertz CT molecular complexity index is 329. The highest BCUT2D eigenvalue weighted by Gasteiger charge is 2.37. The zero-order valence-electron chi connectivity index (χ0n) is 8.32. The monoisotopic (exact) mass is 195 g/mol. The molecule has 0 unspecified atom stereocenters. The van der Waals surface area contributed by atoms with E-state index in [1.807, 2.05) is 13.8 Å². The molecule has 1 aliphatic rings. The van der Waals surface area contributed by atoms with E-state index in [0.717, 1.165) is 0 Å². The van der Waals surface area contributed by atoms with E-state index in [0.29, 0.717) is 19.1 Å². The van der Waals surface area contributed by atoms with E-state index >= 15 is 0 Å². The standard InChI is InChI=1S/C10H13NO3/c1-10(2)6-13-7-11(10)9(12)8-4-3-5-14-8/h3-5H,6-7H2,1-2H3. The van der Waals surface area contributed by atoms with Crippen LogP contribution < -0.4 is 0 Å². The predicted molar refractivity (Wildman–Crippen MR) is 49.8 cm³/mol. The van der Waals surface area contributed by atoms with Gasteiger partial charge >= 0.3 is 0 Å². The molecule has 0 aliphatic carbocycles. The Morgan fingerprint density at radius 1 is 1.57 bits per heavy atom. The lowest BCUT2D eigenvalue weighted by atomic mass is 10.1. The van der Waals surface area contributed by atoms with E-state index in [-0.39, 0.29) is 11.4 Å². The first-order valence-corrected chi connectivity index (χ1v) is 4.54. The van der Waals surface area contributed by atoms with Gasteiger partial charge in [-0.3, -0.25) is 4.79 Å². The molecular weight excluding hydrogens is 182 g/mol. The zero-order chi connectivity index (χ0) is 10.2. The molecule has 2 heterocycles. The SMILES string of the molecule is CC1(C)COCN1C(=O)c1ccco1. The molecule has 1 saturated heterocycles. The Morgan fingerprint density at radius 3 is 2.86 bits per heavy atom. The van der Waals surface area contributed by atoms with E-state index < -0.39 is 0 Å². The summed E-state index contributed by atoms with van der Waals surface area (Å²) in [4.78, 5) is 13.5. The van der Waals surface area contributed by atoms with Crippen molar-refractivity contribution in [2.45, 2.75) is 19.4 Å². The van der Waals surface area contributed by atoms with E-state index in [1.165, 1.54) is 6.26 Å². The maximum atomic E-state index is 11.9. The summed E-state index contributed by atoms with van der Waals surface area (Å²) in [5.41, 5.74) is -0.246. The largest absolute Gasteiger partial charge is 0.459 e. The van der Waals surface area contributed by atoms with E-state index in [4.69, 9.17) is 9.15 Å². The smallest absolute Gasteiger partial charge is 0.291 e. The van der Waals surface area contributed by atoms with Crippen LogP contribution >= 0.6 is 0 Å². The minimum absolute atomic E-state index is 0.113. The molecular formula is C10H13NO3. The van der Waals surface area contributed by atoms with Crippen LogP contribution in [-0.2, 0) is 4.74 Å². The van der Waals surface area contributed by atoms with Gasteiger partial charge in [-0.15, -0.1) is 0 Å². The van der Waals surface area contributed by atoms with Crippen molar-refractivity contribution in [1.29, 1.82) is 0 Å². The lowest BCUT2D eigenvalue weighted by molar-refractivity contribution is 0.0573. The maximum absolute atomic E-state index is 11.9. The van der Waals surface area contributed by atoms with Crippen molar-refractivity contribution in [2.24, 2.45) is 0 Å². The van der Waals surface area contributed by atoms with Crippen molar-refractivity contribution in [1.82, 2.24) is 4.90 Å². The first-order chi connectivity index (χ1) is 6.61. The highest BCUT2D eigenvalue weighted by molar-refractivity contribution is 5.92. The van der Waals surface area contributed by atoms with Crippen molar-refractivity contribution in [2.75, 3.05) is 13.3 Å². The van der Waals surface area contributed by atoms with Crippen LogP contribution in [0, 0.1) is 0 Å². The second-order valence-electron chi connectivity index (χ2n) is 4.00. The molecule has 1 aliphatic heterocycles. The fraction of sp³-hybridized carbons (Fsp3) is 0.500. The van der Waals surface area contributed by atoms with Gasteiger partial charge in [0.25, 0.3) is 5.91 Å². The van der Waals surface area contributed by atoms with Gasteiger partial charge in [-0.05, 0) is 26.0 Å². The summed E-state index contributed by atoms with van der Waals surface area (Å²) in [6.07, 6.45) is 1.50. The van der Waals surface area contributed by atoms with E-state index in [2.05, 4.69) is 0 Å². The number of hydrogen-bond donors (Lipinski definition) is 0. The lowest BCUT2D eigenvalue weighted by Gasteiger charge is -2.28. The molecule has 0 atom stereocenters. The Hall–Kier alpha value is -1.29. The van der Waals surface area contributed by atoms with Crippen LogP contribution in [0.1, 0.15) is 24.4 Å². The molecule has 0 aromatic carbocycles. The second-order valence-corrected chi connectivity index (χ2v) is 4.00. The van der Waals surface area contributed by atoms with Crippen LogP contribution in [0.15, 0.2) is 22.8 Å². The van der Waals surface area contributed by atoms with E-state index in [9.17, 15) is 4.79 Å². The zero-order valence-corrected chi connectivity index (χ0v) is 8.32. The summed E-state index contributed by atoms with van der Waals surface area (Å²) in [5.74, 6) is 0.251. The molecule has 0 N–H and O–H groups in total. The van der Waals surface area contributed by atoms with Crippen LogP contribution in [-0.4, -0.2) is 29.7 Å². The summed E-state index contributed by atoms with van der Waals surface area (Å²) >= 11 is 0. The molecule has 0 spiro atoms. The number of ether oxygens (including phenoxy) is 1. The number of rotatable bonds is 1. The van der Waals surface area contributed by atoms with Crippen LogP contribution in [0.25, 0.3) is 0 Å². The van der Waals surface area contributed by atoms with Crippen molar-refractivity contribution in [3.63, 3.8) is 0 Å². The second kappa shape index (κ2) is 3.13. The molecule has 1 fully saturated rings. The van der Waals surface area contributed by atoms with Gasteiger partial charge < -0.3 is 14.1 Å². The maximum Gasteiger partial charge on any atom is 0.291 e. The first kappa shape index (κ1) is 9.27. The number of hydrogen-bond acceptors (Lipinski definition) is 3. The summed E-state index contributed by atoms with van der Waals surface area (Å²) in [7, 11) is 0. The number of carbonyl (C=O) groups is 1. The normalized spacial score (nSPS) is 20.0. The molecule has 2 rings (SSSR count). The third-order valence-electron chi connectivity index (χ3n) is 2.38. The van der Waals surface area contributed by atoms with Gasteiger partial charge in [0.15, 0.2) is 5.76 Å². The van der Waals surface area contributed by atoms with Gasteiger partial charge in [0.1, 0.15) is 6.73 Å². The summed E-state index contributed by atoms with van der Waals surface area (Å²) < 4.78 is 10.3. The Balaban J connectivity index is 2.20. The Kier molecular flexibility index (Phi) is 2.07. The molecule has 76 valence electrons. The molecule has 1 amide bonds. The van der Waals surface area contributed by atoms with Crippen molar-refractivity contribution < 1.29 is 13.9 Å². The van der Waals surface area contributed by atoms with E-state index in [1.54, 1.807) is 17.0 Å². The molecule has 0 radical (unpaired) electrons. The Labute approximate surface area is 82.4 Å². The fourth-order valence-electron chi connectivity index (χ4n) is 1.51. The number of nitrogens with zero attached hydrogens (tertiary/aromatic N) is 1. The quantitative estimate of drug-likeness (QED) is 0.681. The van der Waals surface area contributed by atoms with Gasteiger partial charge in [0, 0.05) is 0 Å². The highest BCUT2D eigenvalue weighted by atomic mass is 16.5. The molecule has 1 aromatic rings. The van der Waals surface area contributed by atoms with Gasteiger partial charge in [-0.2, -0.15) is 0 Å². The summed E-state index contributed by atoms with van der Waals surface area (Å²) in [6.45, 7) is 4.85. The minimum atomic E-state index is -0.246. The van der Waals surface area contributed by atoms with Gasteiger partial charge in [-0.25, -0.2) is 0 Å². The van der Waals surface area contributed by atoms with Gasteiger partial charge in [0.05, 0.1) is 18.4 Å². The Morgan fingerprint density at radius 2 is 2.36 bits per heavy atom. The summed E-state index contributed by atoms with van der Waals surface area (Å²) in [5, 5.41) is 0. The topological polar surface area (TPSA) is 42.7 Å². The highest BCUT2D eigenvalue weighted by Crippen LogP contribution is 2.23. The van der Waals surface area contributed by atoms with Crippen LogP contribution in [0.5, 0.6) is 0 Å². The minimum Gasteiger partial charge on any atom is -0.459 e. The molecule has 14 heavy (non-hydrogen) atoms. The van der Waals surface area contributed by atoms with Crippen molar-refractivity contribution >= 4 is 5.91 Å². The molecule has 1 aromatic heterocycles. The molecule has 4 heteroatoms. The summed E-state index contributed by atoms with van der Waals surface area (Å²) in [6, 6.07) is 3.37. The number of furan rings is 1. The first-order valence-electron chi connectivity index (χ1n) is 4.54. The molecule has 0 bridgehead atoms.